The Labute approximate surface area is 447 Å². The number of benzene rings is 3. The summed E-state index contributed by atoms with van der Waals surface area (Å²) in [5.74, 6) is -1.61. The zero-order valence-electron chi connectivity index (χ0n) is 43.9. The molecule has 10 rings (SSSR count). The van der Waals surface area contributed by atoms with Gasteiger partial charge in [-0.15, -0.1) is 0 Å². The molecule has 20 heteroatoms. The van der Waals surface area contributed by atoms with Crippen molar-refractivity contribution < 1.29 is 41.5 Å². The first-order chi connectivity index (χ1) is 36.9. The average molecular weight is 1080 g/mol. The maximum absolute atomic E-state index is 15.0. The van der Waals surface area contributed by atoms with Gasteiger partial charge < -0.3 is 29.8 Å². The maximum atomic E-state index is 15.0. The summed E-state index contributed by atoms with van der Waals surface area (Å²) >= 11 is 0. The van der Waals surface area contributed by atoms with Crippen LogP contribution in [0.2, 0.25) is 0 Å². The third kappa shape index (κ3) is 11.8. The Morgan fingerprint density at radius 1 is 0.974 bits per heavy atom. The molecule has 2 saturated carbocycles. The maximum Gasteiger partial charge on any atom is 0.312 e. The minimum atomic E-state index is -4.75. The van der Waals surface area contributed by atoms with Crippen LogP contribution < -0.4 is 24.4 Å². The van der Waals surface area contributed by atoms with Crippen molar-refractivity contribution in [2.75, 3.05) is 56.1 Å². The lowest BCUT2D eigenvalue weighted by Crippen LogP contribution is -2.60. The molecular formula is C57H67F2N9O8S. The van der Waals surface area contributed by atoms with Crippen LogP contribution in [0.1, 0.15) is 118 Å². The molecule has 2 aliphatic heterocycles. The molecule has 1 atom stereocenters. The molecule has 4 aliphatic rings. The number of piperidine rings is 1. The number of aromatic amines is 1. The fourth-order valence-corrected chi connectivity index (χ4v) is 12.9. The number of aliphatic hydroxyl groups is 1. The molecule has 77 heavy (non-hydrogen) atoms. The summed E-state index contributed by atoms with van der Waals surface area (Å²) in [4.78, 5) is 43.9. The van der Waals surface area contributed by atoms with Crippen LogP contribution in [-0.2, 0) is 16.6 Å². The fraction of sp³-hybridized carbons (Fsp3) is 0.456. The van der Waals surface area contributed by atoms with Crippen LogP contribution in [0.5, 0.6) is 17.4 Å². The number of rotatable bonds is 17. The highest BCUT2D eigenvalue weighted by Crippen LogP contribution is 2.53. The number of hydrogen-bond acceptors (Lipinski definition) is 14. The second-order valence-corrected chi connectivity index (χ2v) is 23.7. The SMILES string of the molecule is CCOc1nc2[nH]cc(F)c2cc1Oc1cc(N2CCC3(CC2)CC(N2CCN(Cc4ccc(F)cc4)C[C@H]2c2ccccc2C(C)C)C3)ccc1C(=O)NS(=O)(=O)c1cnc(NCC2CCC(C)(O)CC2)c([N+](=O)[O-])c1. The van der Waals surface area contributed by atoms with Gasteiger partial charge in [-0.05, 0) is 123 Å². The highest BCUT2D eigenvalue weighted by Gasteiger charge is 2.50. The number of pyridine rings is 2. The number of carbonyl (C=O) groups excluding carboxylic acids is 1. The van der Waals surface area contributed by atoms with Gasteiger partial charge in [0.25, 0.3) is 21.8 Å². The molecule has 0 bridgehead atoms. The van der Waals surface area contributed by atoms with E-state index >= 15 is 0 Å². The summed E-state index contributed by atoms with van der Waals surface area (Å²) in [5, 5.41) is 25.7. The first-order valence-electron chi connectivity index (χ1n) is 26.7. The van der Waals surface area contributed by atoms with Crippen LogP contribution in [0.15, 0.2) is 96.2 Å². The van der Waals surface area contributed by atoms with E-state index in [1.807, 2.05) is 12.1 Å². The van der Waals surface area contributed by atoms with E-state index in [2.05, 4.69) is 77.8 Å². The number of ether oxygens (including phenoxy) is 2. The van der Waals surface area contributed by atoms with Gasteiger partial charge in [-0.1, -0.05) is 50.2 Å². The lowest BCUT2D eigenvalue weighted by Gasteiger charge is -2.58. The molecule has 4 N–H and O–H groups in total. The van der Waals surface area contributed by atoms with Gasteiger partial charge in [-0.3, -0.25) is 24.7 Å². The zero-order chi connectivity index (χ0) is 54.2. The van der Waals surface area contributed by atoms with Gasteiger partial charge in [0.2, 0.25) is 5.82 Å². The molecule has 1 amide bonds. The summed E-state index contributed by atoms with van der Waals surface area (Å²) in [5.41, 5.74) is 3.35. The summed E-state index contributed by atoms with van der Waals surface area (Å²) in [6.07, 6.45) is 8.68. The standard InChI is InChI=1S/C57H67F2N9O8S/c1-5-75-55-51(28-46-47(59)33-62-52(46)63-55)76-50-26-40(14-15-45(50)54(69)64-77(73,74)42-27-48(68(71)72)53(61-32-42)60-31-37-16-18-56(4,70)19-17-37)66-22-20-57(21-23-66)29-41(30-57)67-25-24-65(34-38-10-12-39(58)13-11-38)35-49(67)44-9-7-6-8-43(44)36(2)3/h6-15,26-28,32-33,36-37,41,49,70H,5,16-25,29-31,34-35H2,1-4H3,(H,60,61)(H,62,63)(H,64,69)/t37?,49-,56?/m0/s1. The number of aromatic nitrogens is 3. The van der Waals surface area contributed by atoms with Crippen molar-refractivity contribution in [2.24, 2.45) is 11.3 Å². The van der Waals surface area contributed by atoms with Gasteiger partial charge >= 0.3 is 5.69 Å². The quantitative estimate of drug-likeness (QED) is 0.0495. The number of nitro groups is 1. The third-order valence-electron chi connectivity index (χ3n) is 16.4. The smallest absolute Gasteiger partial charge is 0.312 e. The highest BCUT2D eigenvalue weighted by molar-refractivity contribution is 7.90. The lowest BCUT2D eigenvalue weighted by atomic mass is 9.59. The normalized spacial score (nSPS) is 21.3. The number of halogens is 2. The molecule has 1 spiro atoms. The Balaban J connectivity index is 0.865. The van der Waals surface area contributed by atoms with Crippen LogP contribution in [0.3, 0.4) is 0 Å². The zero-order valence-corrected chi connectivity index (χ0v) is 44.8. The van der Waals surface area contributed by atoms with E-state index in [1.165, 1.54) is 35.4 Å². The van der Waals surface area contributed by atoms with Crippen LogP contribution in [0.4, 0.5) is 26.0 Å². The number of fused-ring (bicyclic) bond motifs is 1. The molecule has 3 aromatic carbocycles. The van der Waals surface area contributed by atoms with Crippen molar-refractivity contribution in [3.8, 4) is 17.4 Å². The molecule has 2 aliphatic carbocycles. The van der Waals surface area contributed by atoms with Crippen molar-refractivity contribution in [2.45, 2.75) is 114 Å². The van der Waals surface area contributed by atoms with Crippen molar-refractivity contribution >= 4 is 44.2 Å². The first-order valence-corrected chi connectivity index (χ1v) is 28.2. The molecule has 5 heterocycles. The summed E-state index contributed by atoms with van der Waals surface area (Å²) in [6, 6.07) is 23.3. The molecule has 0 unspecified atom stereocenters. The van der Waals surface area contributed by atoms with E-state index in [4.69, 9.17) is 9.47 Å². The Morgan fingerprint density at radius 3 is 2.43 bits per heavy atom. The fourth-order valence-electron chi connectivity index (χ4n) is 11.9. The molecule has 6 aromatic rings. The minimum Gasteiger partial charge on any atom is -0.475 e. The monoisotopic (exact) mass is 1080 g/mol. The van der Waals surface area contributed by atoms with Crippen LogP contribution in [0, 0.1) is 33.1 Å². The Kier molecular flexibility index (Phi) is 15.3. The number of nitrogens with zero attached hydrogens (tertiary/aromatic N) is 6. The third-order valence-corrected chi connectivity index (χ3v) is 17.7. The van der Waals surface area contributed by atoms with E-state index in [-0.39, 0.29) is 69.6 Å². The number of piperazine rings is 1. The number of sulfonamides is 1. The molecule has 4 fully saturated rings. The Morgan fingerprint density at radius 2 is 1.71 bits per heavy atom. The predicted molar refractivity (Wildman–Crippen MR) is 289 cm³/mol. The van der Waals surface area contributed by atoms with E-state index in [1.54, 1.807) is 26.0 Å². The summed E-state index contributed by atoms with van der Waals surface area (Å²) < 4.78 is 70.9. The largest absolute Gasteiger partial charge is 0.475 e. The molecular weight excluding hydrogens is 1010 g/mol. The Bertz CT molecular complexity index is 3240. The van der Waals surface area contributed by atoms with Crippen molar-refractivity contribution in [3.05, 3.63) is 135 Å². The second kappa shape index (κ2) is 21.9. The van der Waals surface area contributed by atoms with Gasteiger partial charge in [-0.2, -0.15) is 4.98 Å². The van der Waals surface area contributed by atoms with Crippen molar-refractivity contribution in [1.29, 1.82) is 0 Å². The summed E-state index contributed by atoms with van der Waals surface area (Å²) in [6.45, 7) is 13.4. The van der Waals surface area contributed by atoms with Gasteiger partial charge in [0.15, 0.2) is 5.75 Å². The van der Waals surface area contributed by atoms with Crippen molar-refractivity contribution in [3.63, 3.8) is 0 Å². The highest BCUT2D eigenvalue weighted by atomic mass is 32.2. The number of H-pyrrole nitrogens is 1. The van der Waals surface area contributed by atoms with E-state index in [0.29, 0.717) is 63.0 Å². The van der Waals surface area contributed by atoms with E-state index in [0.717, 1.165) is 75.9 Å². The van der Waals surface area contributed by atoms with Gasteiger partial charge in [0.05, 0.1) is 34.3 Å². The second-order valence-electron chi connectivity index (χ2n) is 22.0. The molecule has 2 saturated heterocycles. The van der Waals surface area contributed by atoms with Gasteiger partial charge in [0.1, 0.15) is 27.9 Å². The van der Waals surface area contributed by atoms with Gasteiger partial charge in [-0.25, -0.2) is 26.9 Å². The van der Waals surface area contributed by atoms with Crippen LogP contribution >= 0.6 is 0 Å². The van der Waals surface area contributed by atoms with Crippen LogP contribution in [-0.4, -0.2) is 107 Å². The molecule has 408 valence electrons. The lowest BCUT2D eigenvalue weighted by molar-refractivity contribution is -0.384. The van der Waals surface area contributed by atoms with Gasteiger partial charge in [0, 0.05) is 88.0 Å². The summed E-state index contributed by atoms with van der Waals surface area (Å²) in [7, 11) is -4.75. The number of nitrogens with one attached hydrogen (secondary N) is 3. The van der Waals surface area contributed by atoms with Crippen molar-refractivity contribution in [1.82, 2.24) is 29.5 Å². The number of anilines is 2. The topological polar surface area (TPSA) is 208 Å². The van der Waals surface area contributed by atoms with Crippen LogP contribution in [0.25, 0.3) is 11.0 Å². The van der Waals surface area contributed by atoms with E-state index in [9.17, 15) is 37.2 Å². The van der Waals surface area contributed by atoms with E-state index < -0.39 is 42.9 Å². The molecule has 0 radical (unpaired) electrons. The predicted octanol–water partition coefficient (Wildman–Crippen LogP) is 10.2. The molecule has 17 nitrogen and oxygen atoms in total. The average Bonchev–Trinajstić information content (AvgIpc) is 3.78. The number of hydrogen-bond donors (Lipinski definition) is 4. The Hall–Kier alpha value is -6.74. The molecule has 3 aromatic heterocycles. The minimum absolute atomic E-state index is 0.0114. The first kappa shape index (κ1) is 53.6. The number of amides is 1. The number of carbonyl (C=O) groups is 1.